The van der Waals surface area contributed by atoms with Crippen molar-refractivity contribution in [2.24, 2.45) is 0 Å². The van der Waals surface area contributed by atoms with E-state index in [1.165, 1.54) is 12.1 Å². The van der Waals surface area contributed by atoms with Crippen LogP contribution in [0, 0.1) is 5.82 Å². The van der Waals surface area contributed by atoms with Gasteiger partial charge in [0, 0.05) is 55.4 Å². The zero-order valence-electron chi connectivity index (χ0n) is 18.9. The summed E-state index contributed by atoms with van der Waals surface area (Å²) in [6.45, 7) is 5.35. The number of hydrogen-bond acceptors (Lipinski definition) is 6. The molecule has 7 heteroatoms. The molecule has 0 atom stereocenters. The van der Waals surface area contributed by atoms with Crippen LogP contribution >= 0.6 is 0 Å². The lowest BCUT2D eigenvalue weighted by Gasteiger charge is -2.36. The first-order chi connectivity index (χ1) is 16.1. The zero-order chi connectivity index (χ0) is 22.8. The first-order valence-corrected chi connectivity index (χ1v) is 11.6. The molecule has 0 radical (unpaired) electrons. The number of aryl methyl sites for hydroxylation is 1. The van der Waals surface area contributed by atoms with Crippen LogP contribution in [0.4, 0.5) is 10.1 Å². The van der Waals surface area contributed by atoms with E-state index < -0.39 is 0 Å². The molecule has 1 saturated heterocycles. The predicted molar refractivity (Wildman–Crippen MR) is 126 cm³/mol. The van der Waals surface area contributed by atoms with Crippen molar-refractivity contribution in [3.63, 3.8) is 0 Å². The Morgan fingerprint density at radius 2 is 1.76 bits per heavy atom. The molecule has 0 N–H and O–H groups in total. The van der Waals surface area contributed by atoms with Gasteiger partial charge in [-0.1, -0.05) is 0 Å². The lowest BCUT2D eigenvalue weighted by Crippen LogP contribution is -2.46. The van der Waals surface area contributed by atoms with Crippen molar-refractivity contribution >= 4 is 16.7 Å². The van der Waals surface area contributed by atoms with Gasteiger partial charge >= 0.3 is 5.63 Å². The minimum atomic E-state index is -0.231. The van der Waals surface area contributed by atoms with Crippen molar-refractivity contribution in [1.82, 2.24) is 4.90 Å². The molecule has 1 aromatic heterocycles. The molecule has 0 spiro atoms. The summed E-state index contributed by atoms with van der Waals surface area (Å²) in [5, 5.41) is 0.954. The molecule has 33 heavy (non-hydrogen) atoms. The van der Waals surface area contributed by atoms with E-state index in [-0.39, 0.29) is 11.4 Å². The molecular weight excluding hydrogens is 423 g/mol. The average molecular weight is 453 g/mol. The minimum absolute atomic E-state index is 0.200. The first kappa shape index (κ1) is 21.8. The molecule has 174 valence electrons. The number of fused-ring (bicyclic) bond motifs is 3. The number of hydrogen-bond donors (Lipinski definition) is 0. The third-order valence-corrected chi connectivity index (χ3v) is 6.70. The molecule has 0 amide bonds. The molecule has 6 nitrogen and oxygen atoms in total. The Labute approximate surface area is 192 Å². The minimum Gasteiger partial charge on any atom is -0.493 e. The highest BCUT2D eigenvalue weighted by Crippen LogP contribution is 2.36. The van der Waals surface area contributed by atoms with Crippen LogP contribution in [0.15, 0.2) is 45.6 Å². The lowest BCUT2D eigenvalue weighted by atomic mass is 10.1. The number of piperazine rings is 1. The number of ether oxygens (including phenoxy) is 2. The largest absolute Gasteiger partial charge is 0.493 e. The van der Waals surface area contributed by atoms with Crippen LogP contribution in [-0.4, -0.2) is 51.3 Å². The molecular formula is C26H29FN2O4. The second kappa shape index (κ2) is 9.43. The van der Waals surface area contributed by atoms with Crippen molar-refractivity contribution in [2.75, 3.05) is 51.3 Å². The predicted octanol–water partition coefficient (Wildman–Crippen LogP) is 4.02. The van der Waals surface area contributed by atoms with Crippen LogP contribution in [0.1, 0.15) is 24.0 Å². The first-order valence-electron chi connectivity index (χ1n) is 11.6. The van der Waals surface area contributed by atoms with Gasteiger partial charge in [0.2, 0.25) is 0 Å². The van der Waals surface area contributed by atoms with E-state index in [4.69, 9.17) is 13.9 Å². The van der Waals surface area contributed by atoms with Gasteiger partial charge in [0.05, 0.1) is 13.7 Å². The van der Waals surface area contributed by atoms with E-state index in [9.17, 15) is 9.18 Å². The zero-order valence-corrected chi connectivity index (χ0v) is 18.9. The van der Waals surface area contributed by atoms with Crippen LogP contribution in [0.2, 0.25) is 0 Å². The van der Waals surface area contributed by atoms with Crippen molar-refractivity contribution in [2.45, 2.75) is 25.7 Å². The van der Waals surface area contributed by atoms with Crippen LogP contribution in [0.25, 0.3) is 11.0 Å². The Morgan fingerprint density at radius 3 is 2.52 bits per heavy atom. The molecule has 3 aromatic rings. The molecule has 0 saturated carbocycles. The normalized spacial score (nSPS) is 16.2. The number of anilines is 1. The van der Waals surface area contributed by atoms with E-state index in [0.29, 0.717) is 23.7 Å². The SMILES string of the molecule is COc1cc2oc(=O)c3c(c2cc1OCCCN1CCN(c2ccc(F)cc2)CC1)CCC3. The fraction of sp³-hybridized carbons (Fsp3) is 0.423. The Morgan fingerprint density at radius 1 is 1.00 bits per heavy atom. The highest BCUT2D eigenvalue weighted by atomic mass is 19.1. The van der Waals surface area contributed by atoms with Gasteiger partial charge in [0.15, 0.2) is 11.5 Å². The standard InChI is InChI=1S/C26H29FN2O4/c1-31-24-17-23-22(20-4-2-5-21(20)26(30)33-23)16-25(24)32-15-3-10-28-11-13-29(14-12-28)19-8-6-18(27)7-9-19/h6-9,16-17H,2-5,10-15H2,1H3. The number of nitrogens with zero attached hydrogens (tertiary/aromatic N) is 2. The Hall–Kier alpha value is -3.06. The maximum atomic E-state index is 13.1. The van der Waals surface area contributed by atoms with Gasteiger partial charge in [0.1, 0.15) is 11.4 Å². The molecule has 1 aliphatic heterocycles. The van der Waals surface area contributed by atoms with Gasteiger partial charge in [-0.25, -0.2) is 9.18 Å². The maximum Gasteiger partial charge on any atom is 0.339 e. The smallest absolute Gasteiger partial charge is 0.339 e. The summed E-state index contributed by atoms with van der Waals surface area (Å²) >= 11 is 0. The lowest BCUT2D eigenvalue weighted by molar-refractivity contribution is 0.221. The van der Waals surface area contributed by atoms with Crippen LogP contribution in [0.3, 0.4) is 0 Å². The summed E-state index contributed by atoms with van der Waals surface area (Å²) in [4.78, 5) is 17.0. The molecule has 2 aromatic carbocycles. The summed E-state index contributed by atoms with van der Waals surface area (Å²) < 4.78 is 30.3. The number of rotatable bonds is 7. The Bertz CT molecular complexity index is 1180. The maximum absolute atomic E-state index is 13.1. The van der Waals surface area contributed by atoms with Crippen molar-refractivity contribution in [1.29, 1.82) is 0 Å². The second-order valence-corrected chi connectivity index (χ2v) is 8.71. The molecule has 1 aliphatic carbocycles. The Balaban J connectivity index is 1.17. The van der Waals surface area contributed by atoms with Crippen molar-refractivity contribution in [3.05, 3.63) is 63.8 Å². The van der Waals surface area contributed by atoms with E-state index in [1.807, 2.05) is 18.2 Å². The molecule has 5 rings (SSSR count). The Kier molecular flexibility index (Phi) is 6.22. The van der Waals surface area contributed by atoms with Gasteiger partial charge in [-0.3, -0.25) is 4.90 Å². The van der Waals surface area contributed by atoms with Crippen LogP contribution in [-0.2, 0) is 12.8 Å². The summed E-state index contributed by atoms with van der Waals surface area (Å²) in [7, 11) is 1.60. The van der Waals surface area contributed by atoms with Gasteiger partial charge in [-0.05, 0) is 61.6 Å². The van der Waals surface area contributed by atoms with E-state index in [1.54, 1.807) is 13.2 Å². The summed E-state index contributed by atoms with van der Waals surface area (Å²) in [6.07, 6.45) is 3.56. The van der Waals surface area contributed by atoms with Crippen LogP contribution < -0.4 is 20.0 Å². The molecule has 2 heterocycles. The fourth-order valence-electron chi connectivity index (χ4n) is 4.91. The van der Waals surface area contributed by atoms with E-state index in [2.05, 4.69) is 9.80 Å². The number of methoxy groups -OCH3 is 1. The summed E-state index contributed by atoms with van der Waals surface area (Å²) in [5.74, 6) is 1.07. The number of halogens is 1. The topological polar surface area (TPSA) is 55.2 Å². The molecule has 1 fully saturated rings. The van der Waals surface area contributed by atoms with E-state index in [0.717, 1.165) is 80.6 Å². The third kappa shape index (κ3) is 4.55. The average Bonchev–Trinajstić information content (AvgIpc) is 3.34. The van der Waals surface area contributed by atoms with Gasteiger partial charge in [-0.2, -0.15) is 0 Å². The summed E-state index contributed by atoms with van der Waals surface area (Å²) in [6, 6.07) is 10.4. The molecule has 0 bridgehead atoms. The van der Waals surface area contributed by atoms with E-state index >= 15 is 0 Å². The monoisotopic (exact) mass is 452 g/mol. The van der Waals surface area contributed by atoms with Gasteiger partial charge in [0.25, 0.3) is 0 Å². The molecule has 2 aliphatic rings. The van der Waals surface area contributed by atoms with Gasteiger partial charge < -0.3 is 18.8 Å². The second-order valence-electron chi connectivity index (χ2n) is 8.71. The molecule has 0 unspecified atom stereocenters. The number of benzene rings is 2. The van der Waals surface area contributed by atoms with Crippen molar-refractivity contribution in [3.8, 4) is 11.5 Å². The highest BCUT2D eigenvalue weighted by molar-refractivity contribution is 5.85. The fourth-order valence-corrected chi connectivity index (χ4v) is 4.91. The van der Waals surface area contributed by atoms with Crippen LogP contribution in [0.5, 0.6) is 11.5 Å². The van der Waals surface area contributed by atoms with Crippen molar-refractivity contribution < 1.29 is 18.3 Å². The quantitative estimate of drug-likeness (QED) is 0.399. The highest BCUT2D eigenvalue weighted by Gasteiger charge is 2.22. The third-order valence-electron chi connectivity index (χ3n) is 6.70. The summed E-state index contributed by atoms with van der Waals surface area (Å²) in [5.41, 5.74) is 3.30. The van der Waals surface area contributed by atoms with Gasteiger partial charge in [-0.15, -0.1) is 0 Å².